The second-order valence-corrected chi connectivity index (χ2v) is 7.49. The Morgan fingerprint density at radius 3 is 2.61 bits per heavy atom. The average Bonchev–Trinajstić information content (AvgIpc) is 3.38. The van der Waals surface area contributed by atoms with Crippen molar-refractivity contribution in [1.82, 2.24) is 0 Å². The van der Waals surface area contributed by atoms with Crippen molar-refractivity contribution in [2.24, 2.45) is 0 Å². The summed E-state index contributed by atoms with van der Waals surface area (Å²) in [6.07, 6.45) is 3.00. The molecule has 156 valence electrons. The van der Waals surface area contributed by atoms with Crippen LogP contribution < -0.4 is 4.90 Å². The first-order valence-corrected chi connectivity index (χ1v) is 10.1. The minimum atomic E-state index is -1.43. The van der Waals surface area contributed by atoms with E-state index in [0.717, 1.165) is 16.3 Å². The third-order valence-electron chi connectivity index (χ3n) is 5.67. The molecule has 1 amide bonds. The van der Waals surface area contributed by atoms with Crippen LogP contribution in [0.1, 0.15) is 16.7 Å². The Hall–Kier alpha value is -3.48. The quantitative estimate of drug-likeness (QED) is 0.479. The van der Waals surface area contributed by atoms with Crippen molar-refractivity contribution in [1.29, 1.82) is 0 Å². The second-order valence-electron chi connectivity index (χ2n) is 7.49. The summed E-state index contributed by atoms with van der Waals surface area (Å²) in [7, 11) is 1.33. The molecule has 5 rings (SSSR count). The number of amides is 1. The van der Waals surface area contributed by atoms with Gasteiger partial charge in [-0.1, -0.05) is 54.6 Å². The summed E-state index contributed by atoms with van der Waals surface area (Å²) < 4.78 is 16.4. The predicted octanol–water partition coefficient (Wildman–Crippen LogP) is 3.77. The lowest BCUT2D eigenvalue weighted by Gasteiger charge is -2.22. The van der Waals surface area contributed by atoms with Crippen molar-refractivity contribution in [3.63, 3.8) is 0 Å². The summed E-state index contributed by atoms with van der Waals surface area (Å²) in [5, 5.41) is 2.24. The lowest BCUT2D eigenvalue weighted by atomic mass is 10.0. The normalized spacial score (nSPS) is 17.1. The molecule has 0 bridgehead atoms. The van der Waals surface area contributed by atoms with Crippen LogP contribution in [0, 0.1) is 0 Å². The Balaban J connectivity index is 1.60. The zero-order valence-electron chi connectivity index (χ0n) is 17.0. The number of hydrogen-bond donors (Lipinski definition) is 0. The fraction of sp³-hybridized carbons (Fsp3) is 0.200. The van der Waals surface area contributed by atoms with Gasteiger partial charge in [-0.25, -0.2) is 4.79 Å². The van der Waals surface area contributed by atoms with Crippen molar-refractivity contribution >= 4 is 34.4 Å². The number of methoxy groups -OCH3 is 1. The van der Waals surface area contributed by atoms with E-state index in [1.54, 1.807) is 11.0 Å². The molecule has 0 radical (unpaired) electrons. The highest BCUT2D eigenvalue weighted by Crippen LogP contribution is 2.48. The van der Waals surface area contributed by atoms with Crippen molar-refractivity contribution in [2.75, 3.05) is 25.2 Å². The van der Waals surface area contributed by atoms with E-state index in [0.29, 0.717) is 36.6 Å². The number of fused-ring (bicyclic) bond motifs is 3. The largest absolute Gasteiger partial charge is 0.466 e. The summed E-state index contributed by atoms with van der Waals surface area (Å²) >= 11 is 0. The third-order valence-corrected chi connectivity index (χ3v) is 5.67. The number of rotatable bonds is 4. The van der Waals surface area contributed by atoms with E-state index in [1.165, 1.54) is 13.2 Å². The summed E-state index contributed by atoms with van der Waals surface area (Å²) in [6.45, 7) is 1.04. The highest BCUT2D eigenvalue weighted by Gasteiger charge is 2.56. The van der Waals surface area contributed by atoms with Crippen molar-refractivity contribution < 1.29 is 23.8 Å². The standard InChI is InChI=1S/C25H21NO5/c1-29-22(27)12-11-19-7-4-8-21-23(19)26(24(28)25(21)30-13-14-31-25)16-17-9-10-18-5-2-3-6-20(18)15-17/h2-12,15H,13-14,16H2,1H3/b12-11+. The topological polar surface area (TPSA) is 65.1 Å². The van der Waals surface area contributed by atoms with Crippen LogP contribution in [-0.4, -0.2) is 32.2 Å². The SMILES string of the molecule is COC(=O)/C=C/c1cccc2c1N(Cc1ccc3ccccc3c1)C(=O)C21OCCO1. The molecule has 0 aliphatic carbocycles. The minimum absolute atomic E-state index is 0.257. The first kappa shape index (κ1) is 19.5. The zero-order chi connectivity index (χ0) is 21.4. The van der Waals surface area contributed by atoms with E-state index in [9.17, 15) is 9.59 Å². The summed E-state index contributed by atoms with van der Waals surface area (Å²) in [5.41, 5.74) is 3.04. The number of carbonyl (C=O) groups is 2. The van der Waals surface area contributed by atoms with Gasteiger partial charge in [0.1, 0.15) is 0 Å². The van der Waals surface area contributed by atoms with Gasteiger partial charge in [-0.15, -0.1) is 0 Å². The average molecular weight is 415 g/mol. The molecule has 6 nitrogen and oxygen atoms in total. The van der Waals surface area contributed by atoms with E-state index >= 15 is 0 Å². The summed E-state index contributed by atoms with van der Waals surface area (Å²) in [6, 6.07) is 19.8. The lowest BCUT2D eigenvalue weighted by molar-refractivity contribution is -0.180. The van der Waals surface area contributed by atoms with Crippen LogP contribution in [0.4, 0.5) is 5.69 Å². The number of para-hydroxylation sites is 1. The molecule has 0 N–H and O–H groups in total. The number of anilines is 1. The number of hydrogen-bond acceptors (Lipinski definition) is 5. The number of nitrogens with zero attached hydrogens (tertiary/aromatic N) is 1. The van der Waals surface area contributed by atoms with Gasteiger partial charge in [-0.3, -0.25) is 4.79 Å². The van der Waals surface area contributed by atoms with E-state index < -0.39 is 11.8 Å². The molecule has 3 aromatic carbocycles. The maximum absolute atomic E-state index is 13.6. The molecule has 0 saturated carbocycles. The van der Waals surface area contributed by atoms with E-state index in [4.69, 9.17) is 14.2 Å². The van der Waals surface area contributed by atoms with Crippen molar-refractivity contribution in [3.05, 3.63) is 83.4 Å². The van der Waals surface area contributed by atoms with Gasteiger partial charge < -0.3 is 19.1 Å². The molecule has 6 heteroatoms. The van der Waals surface area contributed by atoms with Gasteiger partial charge in [0.15, 0.2) is 0 Å². The van der Waals surface area contributed by atoms with Crippen LogP contribution in [0.2, 0.25) is 0 Å². The van der Waals surface area contributed by atoms with Gasteiger partial charge in [0.25, 0.3) is 11.7 Å². The molecule has 3 aromatic rings. The maximum Gasteiger partial charge on any atom is 0.330 e. The molecule has 31 heavy (non-hydrogen) atoms. The molecule has 0 unspecified atom stereocenters. The van der Waals surface area contributed by atoms with Crippen LogP contribution >= 0.6 is 0 Å². The molecular formula is C25H21NO5. The van der Waals surface area contributed by atoms with Gasteiger partial charge in [-0.2, -0.15) is 0 Å². The number of benzene rings is 3. The fourth-order valence-corrected chi connectivity index (χ4v) is 4.24. The Morgan fingerprint density at radius 1 is 1.06 bits per heavy atom. The molecule has 0 atom stereocenters. The Bertz CT molecular complexity index is 1210. The Labute approximate surface area is 179 Å². The molecule has 1 fully saturated rings. The first-order valence-electron chi connectivity index (χ1n) is 10.1. The van der Waals surface area contributed by atoms with E-state index in [-0.39, 0.29) is 5.91 Å². The van der Waals surface area contributed by atoms with Gasteiger partial charge >= 0.3 is 5.97 Å². The molecule has 2 aliphatic rings. The van der Waals surface area contributed by atoms with Gasteiger partial charge in [0.05, 0.1) is 32.6 Å². The van der Waals surface area contributed by atoms with Crippen LogP contribution in [0.15, 0.2) is 66.7 Å². The third kappa shape index (κ3) is 3.21. The van der Waals surface area contributed by atoms with E-state index in [1.807, 2.05) is 48.5 Å². The van der Waals surface area contributed by atoms with Crippen LogP contribution in [0.5, 0.6) is 0 Å². The number of esters is 1. The second kappa shape index (κ2) is 7.65. The van der Waals surface area contributed by atoms with Crippen molar-refractivity contribution in [3.8, 4) is 0 Å². The predicted molar refractivity (Wildman–Crippen MR) is 116 cm³/mol. The molecule has 1 spiro atoms. The van der Waals surface area contributed by atoms with Crippen molar-refractivity contribution in [2.45, 2.75) is 12.3 Å². The Morgan fingerprint density at radius 2 is 1.84 bits per heavy atom. The van der Waals surface area contributed by atoms with Crippen LogP contribution in [0.3, 0.4) is 0 Å². The fourth-order valence-electron chi connectivity index (χ4n) is 4.24. The monoisotopic (exact) mass is 415 g/mol. The minimum Gasteiger partial charge on any atom is -0.466 e. The molecular weight excluding hydrogens is 394 g/mol. The number of carbonyl (C=O) groups excluding carboxylic acids is 2. The summed E-state index contributed by atoms with van der Waals surface area (Å²) in [5.74, 6) is -2.15. The van der Waals surface area contributed by atoms with Gasteiger partial charge in [0.2, 0.25) is 0 Å². The molecule has 2 heterocycles. The molecule has 1 saturated heterocycles. The molecule has 2 aliphatic heterocycles. The number of ether oxygens (including phenoxy) is 3. The van der Waals surface area contributed by atoms with Crippen LogP contribution in [-0.2, 0) is 36.1 Å². The zero-order valence-corrected chi connectivity index (χ0v) is 17.0. The summed E-state index contributed by atoms with van der Waals surface area (Å²) in [4.78, 5) is 26.9. The first-order chi connectivity index (χ1) is 15.1. The smallest absolute Gasteiger partial charge is 0.330 e. The van der Waals surface area contributed by atoms with E-state index in [2.05, 4.69) is 12.1 Å². The highest BCUT2D eigenvalue weighted by molar-refractivity contribution is 6.08. The molecule has 0 aromatic heterocycles. The van der Waals surface area contributed by atoms with Crippen LogP contribution in [0.25, 0.3) is 16.8 Å². The lowest BCUT2D eigenvalue weighted by Crippen LogP contribution is -2.40. The Kier molecular flexibility index (Phi) is 4.81. The highest BCUT2D eigenvalue weighted by atomic mass is 16.7. The van der Waals surface area contributed by atoms with Gasteiger partial charge in [-0.05, 0) is 34.0 Å². The van der Waals surface area contributed by atoms with Gasteiger partial charge in [0, 0.05) is 11.6 Å². The maximum atomic E-state index is 13.6.